The molecular weight excluding hydrogens is 325 g/mol. The summed E-state index contributed by atoms with van der Waals surface area (Å²) in [6, 6.07) is -1.64. The van der Waals surface area contributed by atoms with Crippen LogP contribution in [0.2, 0.25) is 0 Å². The largest absolute Gasteiger partial charge is 0.464 e. The Labute approximate surface area is 131 Å². The average molecular weight is 345 g/mol. The van der Waals surface area contributed by atoms with E-state index < -0.39 is 30.0 Å². The van der Waals surface area contributed by atoms with E-state index in [4.69, 9.17) is 4.74 Å². The number of amides is 1. The number of carbonyl (C=O) groups excluding carboxylic acids is 2. The fourth-order valence-electron chi connectivity index (χ4n) is 1.56. The molecule has 0 aromatic heterocycles. The van der Waals surface area contributed by atoms with Crippen LogP contribution in [0.5, 0.6) is 0 Å². The summed E-state index contributed by atoms with van der Waals surface area (Å²) < 4.78 is 66.8. The smallest absolute Gasteiger partial charge is 0.463 e. The van der Waals surface area contributed by atoms with Crippen LogP contribution in [0.3, 0.4) is 0 Å². The molecule has 0 spiro atoms. The Kier molecular flexibility index (Phi) is 8.78. The number of alkyl halides is 5. The molecule has 0 aliphatic carbocycles. The predicted molar refractivity (Wildman–Crippen MR) is 72.8 cm³/mol. The number of carbonyl (C=O) groups is 2. The molecule has 0 aliphatic rings. The van der Waals surface area contributed by atoms with Gasteiger partial charge in [-0.1, -0.05) is 32.3 Å². The van der Waals surface area contributed by atoms with Gasteiger partial charge in [0.15, 0.2) is 0 Å². The second-order valence-electron chi connectivity index (χ2n) is 4.85. The lowest BCUT2D eigenvalue weighted by atomic mass is 10.2. The minimum Gasteiger partial charge on any atom is -0.464 e. The molecule has 0 saturated heterocycles. The van der Waals surface area contributed by atoms with E-state index in [-0.39, 0.29) is 13.0 Å². The van der Waals surface area contributed by atoms with Crippen molar-refractivity contribution in [1.82, 2.24) is 5.32 Å². The summed E-state index contributed by atoms with van der Waals surface area (Å²) in [5.74, 6) is -9.26. The summed E-state index contributed by atoms with van der Waals surface area (Å²) in [7, 11) is 0. The lowest BCUT2D eigenvalue weighted by Crippen LogP contribution is -2.54. The van der Waals surface area contributed by atoms with Gasteiger partial charge < -0.3 is 10.1 Å². The van der Waals surface area contributed by atoms with Gasteiger partial charge >= 0.3 is 24.0 Å². The second kappa shape index (κ2) is 9.46. The van der Waals surface area contributed by atoms with Crippen LogP contribution < -0.4 is 5.32 Å². The summed E-state index contributed by atoms with van der Waals surface area (Å²) in [5, 5.41) is 1.36. The van der Waals surface area contributed by atoms with Crippen LogP contribution >= 0.6 is 0 Å². The minimum absolute atomic E-state index is 0.00197. The van der Waals surface area contributed by atoms with E-state index in [0.717, 1.165) is 25.3 Å². The number of esters is 1. The molecule has 0 heterocycles. The summed E-state index contributed by atoms with van der Waals surface area (Å²) in [5.41, 5.74) is 0. The molecule has 0 aromatic carbocycles. The van der Waals surface area contributed by atoms with Crippen LogP contribution in [0.1, 0.15) is 39.0 Å². The quantitative estimate of drug-likeness (QED) is 0.286. The normalized spacial score (nSPS) is 13.3. The third-order valence-corrected chi connectivity index (χ3v) is 2.88. The van der Waals surface area contributed by atoms with Gasteiger partial charge in [0.2, 0.25) is 0 Å². The van der Waals surface area contributed by atoms with Crippen LogP contribution in [-0.4, -0.2) is 36.6 Å². The van der Waals surface area contributed by atoms with Gasteiger partial charge in [-0.15, -0.1) is 6.58 Å². The maximum Gasteiger partial charge on any atom is 0.463 e. The second-order valence-corrected chi connectivity index (χ2v) is 4.85. The Morgan fingerprint density at radius 2 is 1.78 bits per heavy atom. The molecule has 1 atom stereocenters. The lowest BCUT2D eigenvalue weighted by molar-refractivity contribution is -0.270. The number of hydrogen-bond acceptors (Lipinski definition) is 3. The fourth-order valence-corrected chi connectivity index (χ4v) is 1.56. The zero-order valence-electron chi connectivity index (χ0n) is 12.7. The number of unbranched alkanes of at least 4 members (excludes halogenated alkanes) is 3. The van der Waals surface area contributed by atoms with Crippen LogP contribution in [-0.2, 0) is 14.3 Å². The molecule has 1 N–H and O–H groups in total. The minimum atomic E-state index is -6.04. The summed E-state index contributed by atoms with van der Waals surface area (Å²) in [6.45, 7) is 5.23. The monoisotopic (exact) mass is 345 g/mol. The van der Waals surface area contributed by atoms with Gasteiger partial charge in [-0.3, -0.25) is 4.79 Å². The van der Waals surface area contributed by atoms with Crippen LogP contribution in [0.25, 0.3) is 0 Å². The summed E-state index contributed by atoms with van der Waals surface area (Å²) in [4.78, 5) is 22.8. The van der Waals surface area contributed by atoms with E-state index in [1.54, 1.807) is 0 Å². The number of nitrogens with one attached hydrogen (secondary N) is 1. The lowest BCUT2D eigenvalue weighted by Gasteiger charge is -2.22. The van der Waals surface area contributed by atoms with E-state index in [1.807, 2.05) is 6.92 Å². The highest BCUT2D eigenvalue weighted by molar-refractivity contribution is 5.89. The van der Waals surface area contributed by atoms with Gasteiger partial charge in [-0.2, -0.15) is 22.0 Å². The number of ether oxygens (including phenoxy) is 1. The van der Waals surface area contributed by atoms with Crippen molar-refractivity contribution in [3.63, 3.8) is 0 Å². The number of rotatable bonds is 10. The maximum absolute atomic E-state index is 12.9. The standard InChI is InChI=1S/C14H20F5NO3/c1-3-5-6-7-9-23-11(21)10(8-4-2)20-12(22)13(15,16)14(17,18)19/h4,10H,2-3,5-9H2,1H3,(H,20,22). The third-order valence-electron chi connectivity index (χ3n) is 2.88. The molecule has 23 heavy (non-hydrogen) atoms. The predicted octanol–water partition coefficient (Wildman–Crippen LogP) is 3.37. The van der Waals surface area contributed by atoms with E-state index in [1.165, 1.54) is 5.32 Å². The zero-order chi connectivity index (χ0) is 18.1. The molecule has 9 heteroatoms. The van der Waals surface area contributed by atoms with Crippen molar-refractivity contribution in [2.45, 2.75) is 57.2 Å². The number of hydrogen-bond donors (Lipinski definition) is 1. The first kappa shape index (κ1) is 21.3. The SMILES string of the molecule is C=CCC(NC(=O)C(F)(F)C(F)(F)F)C(=O)OCCCCCC. The highest BCUT2D eigenvalue weighted by atomic mass is 19.4. The maximum atomic E-state index is 12.9. The Balaban J connectivity index is 4.64. The first-order chi connectivity index (χ1) is 10.6. The Hall–Kier alpha value is -1.67. The highest BCUT2D eigenvalue weighted by Crippen LogP contribution is 2.35. The Bertz CT molecular complexity index is 410. The van der Waals surface area contributed by atoms with Gasteiger partial charge in [0.1, 0.15) is 6.04 Å². The zero-order valence-corrected chi connectivity index (χ0v) is 12.7. The molecule has 0 rings (SSSR count). The molecule has 0 aromatic rings. The van der Waals surface area contributed by atoms with E-state index in [9.17, 15) is 31.5 Å². The van der Waals surface area contributed by atoms with Crippen molar-refractivity contribution in [2.75, 3.05) is 6.61 Å². The summed E-state index contributed by atoms with van der Waals surface area (Å²) >= 11 is 0. The average Bonchev–Trinajstić information content (AvgIpc) is 2.45. The van der Waals surface area contributed by atoms with Crippen LogP contribution in [0.15, 0.2) is 12.7 Å². The molecule has 134 valence electrons. The van der Waals surface area contributed by atoms with Crippen molar-refractivity contribution in [1.29, 1.82) is 0 Å². The van der Waals surface area contributed by atoms with Crippen LogP contribution in [0, 0.1) is 0 Å². The van der Waals surface area contributed by atoms with Gasteiger partial charge in [0, 0.05) is 0 Å². The van der Waals surface area contributed by atoms with Crippen LogP contribution in [0.4, 0.5) is 22.0 Å². The molecule has 1 amide bonds. The third kappa shape index (κ3) is 6.96. The van der Waals surface area contributed by atoms with Gasteiger partial charge in [-0.05, 0) is 12.8 Å². The first-order valence-electron chi connectivity index (χ1n) is 7.11. The molecular formula is C14H20F5NO3. The van der Waals surface area contributed by atoms with E-state index in [2.05, 4.69) is 6.58 Å². The molecule has 0 bridgehead atoms. The molecule has 1 unspecified atom stereocenters. The highest BCUT2D eigenvalue weighted by Gasteiger charge is 2.63. The Morgan fingerprint density at radius 1 is 1.17 bits per heavy atom. The van der Waals surface area contributed by atoms with Gasteiger partial charge in [-0.25, -0.2) is 4.79 Å². The topological polar surface area (TPSA) is 55.4 Å². The summed E-state index contributed by atoms with van der Waals surface area (Å²) in [6.07, 6.45) is -2.07. The van der Waals surface area contributed by atoms with Crippen molar-refractivity contribution in [2.24, 2.45) is 0 Å². The fraction of sp³-hybridized carbons (Fsp3) is 0.714. The molecule has 0 radical (unpaired) electrons. The van der Waals surface area contributed by atoms with Crippen molar-refractivity contribution >= 4 is 11.9 Å². The van der Waals surface area contributed by atoms with Crippen molar-refractivity contribution < 1.29 is 36.3 Å². The molecule has 4 nitrogen and oxygen atoms in total. The molecule has 0 aliphatic heterocycles. The van der Waals surface area contributed by atoms with E-state index in [0.29, 0.717) is 6.42 Å². The molecule has 0 fully saturated rings. The number of halogens is 5. The van der Waals surface area contributed by atoms with E-state index >= 15 is 0 Å². The first-order valence-corrected chi connectivity index (χ1v) is 7.11. The van der Waals surface area contributed by atoms with Crippen molar-refractivity contribution in [3.05, 3.63) is 12.7 Å². The molecule has 0 saturated carbocycles. The van der Waals surface area contributed by atoms with Gasteiger partial charge in [0.25, 0.3) is 0 Å². The Morgan fingerprint density at radius 3 is 2.26 bits per heavy atom. The van der Waals surface area contributed by atoms with Crippen molar-refractivity contribution in [3.8, 4) is 0 Å². The van der Waals surface area contributed by atoms with Gasteiger partial charge in [0.05, 0.1) is 6.61 Å².